The Morgan fingerprint density at radius 1 is 0.619 bits per heavy atom. The third-order valence-corrected chi connectivity index (χ3v) is 7.27. The van der Waals surface area contributed by atoms with E-state index in [-0.39, 0.29) is 6.04 Å². The largest absolute Gasteiger partial charge is 0.386 e. The second-order valence-electron chi connectivity index (χ2n) is 9.95. The Morgan fingerprint density at radius 3 is 1.60 bits per heavy atom. The minimum atomic E-state index is 0.271. The summed E-state index contributed by atoms with van der Waals surface area (Å²) in [5, 5.41) is 3.14. The van der Waals surface area contributed by atoms with Crippen LogP contribution in [0.2, 0.25) is 0 Å². The number of nitrogens with one attached hydrogen (secondary N) is 1. The zero-order chi connectivity index (χ0) is 29.8. The van der Waals surface area contributed by atoms with Gasteiger partial charge in [-0.05, 0) is 40.4 Å². The monoisotopic (exact) mass is 547 g/mol. The molecule has 5 heteroatoms. The molecule has 204 valence electrons. The fraction of sp³-hybridized carbons (Fsp3) is 0.0541. The van der Waals surface area contributed by atoms with E-state index in [4.69, 9.17) is 9.97 Å². The number of nitrogens with zero attached hydrogens (tertiary/aromatic N) is 3. The summed E-state index contributed by atoms with van der Waals surface area (Å²) in [4.78, 5) is 22.8. The molecule has 0 aliphatic rings. The quantitative estimate of drug-likeness (QED) is 0.194. The van der Waals surface area contributed by atoms with E-state index in [9.17, 15) is 6.17 Å². The van der Waals surface area contributed by atoms with E-state index >= 15 is 0 Å². The van der Waals surface area contributed by atoms with Crippen molar-refractivity contribution in [1.29, 1.82) is 0 Å². The Bertz CT molecular complexity index is 1870. The second kappa shape index (κ2) is 11.9. The van der Waals surface area contributed by atoms with E-state index in [1.54, 1.807) is 11.9 Å². The molecule has 0 saturated carbocycles. The molecule has 0 radical (unpaired) electrons. The summed E-state index contributed by atoms with van der Waals surface area (Å²) in [7, 11) is 3.57. The van der Waals surface area contributed by atoms with Crippen LogP contribution in [0.1, 0.15) is 1.37 Å². The molecule has 42 heavy (non-hydrogen) atoms. The standard InChI is InChI=1S/C37H30N4O/c1-38-33-22-21-32(23-36(33)41(2)25-42)28-15-19-30(20-16-28)35-24-34(39-37(40-35)31-11-7-4-8-12-31)29-17-13-27(14-18-29)26-9-5-3-6-10-26/h3-25,38H,1-2H3/i24D. The van der Waals surface area contributed by atoms with Crippen LogP contribution in [0.4, 0.5) is 11.4 Å². The second-order valence-corrected chi connectivity index (χ2v) is 9.95. The summed E-state index contributed by atoms with van der Waals surface area (Å²) in [6.07, 6.45) is 0.797. The summed E-state index contributed by atoms with van der Waals surface area (Å²) in [5.41, 5.74) is 9.59. The van der Waals surface area contributed by atoms with Crippen LogP contribution in [0, 0.1) is 0 Å². The summed E-state index contributed by atoms with van der Waals surface area (Å²) >= 11 is 0. The Labute approximate surface area is 247 Å². The highest BCUT2D eigenvalue weighted by Gasteiger charge is 2.12. The van der Waals surface area contributed by atoms with Gasteiger partial charge in [-0.15, -0.1) is 0 Å². The Kier molecular flexibility index (Phi) is 7.20. The Hall–Kier alpha value is -5.55. The summed E-state index contributed by atoms with van der Waals surface area (Å²) in [6.45, 7) is 0. The molecule has 5 nitrogen and oxygen atoms in total. The zero-order valence-corrected chi connectivity index (χ0v) is 23.5. The van der Waals surface area contributed by atoms with Gasteiger partial charge in [0.15, 0.2) is 5.82 Å². The molecule has 0 spiro atoms. The maximum Gasteiger partial charge on any atom is 0.213 e. The molecule has 0 aliphatic heterocycles. The molecule has 0 unspecified atom stereocenters. The van der Waals surface area contributed by atoms with Gasteiger partial charge in [-0.25, -0.2) is 9.97 Å². The molecule has 1 heterocycles. The number of amides is 1. The number of anilines is 2. The third-order valence-electron chi connectivity index (χ3n) is 7.27. The first kappa shape index (κ1) is 25.4. The SMILES string of the molecule is [2H]c1c(-c2ccc(-c3ccccc3)cc2)nc(-c2ccccc2)nc1-c1ccc(-c2ccc(NC)c(N(C)C=O)c2)cc1. The topological polar surface area (TPSA) is 58.1 Å². The normalized spacial score (nSPS) is 11.0. The van der Waals surface area contributed by atoms with Crippen LogP contribution in [0.3, 0.4) is 0 Å². The molecule has 0 bridgehead atoms. The predicted octanol–water partition coefficient (Wildman–Crippen LogP) is 8.45. The van der Waals surface area contributed by atoms with Crippen molar-refractivity contribution in [3.8, 4) is 56.2 Å². The van der Waals surface area contributed by atoms with Crippen molar-refractivity contribution >= 4 is 17.8 Å². The van der Waals surface area contributed by atoms with Gasteiger partial charge in [-0.3, -0.25) is 4.79 Å². The first-order valence-electron chi connectivity index (χ1n) is 14.3. The highest BCUT2D eigenvalue weighted by molar-refractivity contribution is 5.86. The van der Waals surface area contributed by atoms with Crippen molar-refractivity contribution in [1.82, 2.24) is 9.97 Å². The van der Waals surface area contributed by atoms with Crippen LogP contribution in [-0.2, 0) is 4.79 Å². The highest BCUT2D eigenvalue weighted by Crippen LogP contribution is 2.33. The Morgan fingerprint density at radius 2 is 1.07 bits per heavy atom. The van der Waals surface area contributed by atoms with Gasteiger partial charge < -0.3 is 10.2 Å². The number of aromatic nitrogens is 2. The van der Waals surface area contributed by atoms with Crippen molar-refractivity contribution in [2.24, 2.45) is 0 Å². The lowest BCUT2D eigenvalue weighted by atomic mass is 10.00. The van der Waals surface area contributed by atoms with Gasteiger partial charge >= 0.3 is 0 Å². The highest BCUT2D eigenvalue weighted by atomic mass is 16.1. The van der Waals surface area contributed by atoms with Gasteiger partial charge in [0, 0.05) is 30.8 Å². The van der Waals surface area contributed by atoms with E-state index in [1.165, 1.54) is 0 Å². The van der Waals surface area contributed by atoms with E-state index < -0.39 is 0 Å². The Balaban J connectivity index is 1.42. The molecule has 0 fully saturated rings. The van der Waals surface area contributed by atoms with Crippen molar-refractivity contribution in [2.75, 3.05) is 24.3 Å². The van der Waals surface area contributed by atoms with Crippen LogP contribution in [0.25, 0.3) is 56.2 Å². The first-order chi connectivity index (χ1) is 21.1. The number of hydrogen-bond acceptors (Lipinski definition) is 4. The molecule has 1 aromatic heterocycles. The molecule has 0 aliphatic carbocycles. The van der Waals surface area contributed by atoms with E-state index in [1.807, 2.05) is 110 Å². The summed E-state index contributed by atoms with van der Waals surface area (Å²) in [6, 6.07) is 42.5. The van der Waals surface area contributed by atoms with Gasteiger partial charge in [0.2, 0.25) is 6.41 Å². The fourth-order valence-corrected chi connectivity index (χ4v) is 4.94. The van der Waals surface area contributed by atoms with E-state index in [0.717, 1.165) is 56.7 Å². The molecular formula is C37H30N4O. The van der Waals surface area contributed by atoms with E-state index in [2.05, 4.69) is 29.6 Å². The number of benzene rings is 5. The maximum absolute atomic E-state index is 11.5. The van der Waals surface area contributed by atoms with Gasteiger partial charge in [-0.2, -0.15) is 0 Å². The van der Waals surface area contributed by atoms with Crippen LogP contribution >= 0.6 is 0 Å². The van der Waals surface area contributed by atoms with Gasteiger partial charge in [0.25, 0.3) is 0 Å². The van der Waals surface area contributed by atoms with Crippen LogP contribution in [-0.4, -0.2) is 30.5 Å². The molecule has 0 saturated heterocycles. The van der Waals surface area contributed by atoms with Gasteiger partial charge in [0.05, 0.1) is 24.1 Å². The molecule has 6 rings (SSSR count). The van der Waals surface area contributed by atoms with Gasteiger partial charge in [-0.1, -0.05) is 115 Å². The molecule has 5 aromatic carbocycles. The molecule has 1 N–H and O–H groups in total. The molecule has 6 aromatic rings. The zero-order valence-electron chi connectivity index (χ0n) is 24.5. The maximum atomic E-state index is 11.5. The van der Waals surface area contributed by atoms with Crippen LogP contribution < -0.4 is 10.2 Å². The fourth-order valence-electron chi connectivity index (χ4n) is 4.94. The number of carbonyl (C=O) groups is 1. The third kappa shape index (κ3) is 5.54. The van der Waals surface area contributed by atoms with Crippen molar-refractivity contribution < 1.29 is 6.17 Å². The van der Waals surface area contributed by atoms with Crippen LogP contribution in [0.5, 0.6) is 0 Å². The summed E-state index contributed by atoms with van der Waals surface area (Å²) in [5.74, 6) is 0.571. The lowest BCUT2D eigenvalue weighted by molar-refractivity contribution is -0.107. The number of rotatable bonds is 8. The molecular weight excluding hydrogens is 516 g/mol. The number of carbonyl (C=O) groups excluding carboxylic acids is 1. The van der Waals surface area contributed by atoms with Crippen LogP contribution in [0.15, 0.2) is 133 Å². The summed E-state index contributed by atoms with van der Waals surface area (Å²) < 4.78 is 9.19. The average Bonchev–Trinajstić information content (AvgIpc) is 3.08. The van der Waals surface area contributed by atoms with Crippen molar-refractivity contribution in [2.45, 2.75) is 0 Å². The smallest absolute Gasteiger partial charge is 0.213 e. The van der Waals surface area contributed by atoms with Crippen molar-refractivity contribution in [3.63, 3.8) is 0 Å². The van der Waals surface area contributed by atoms with E-state index in [0.29, 0.717) is 17.2 Å². The molecule has 1 amide bonds. The minimum Gasteiger partial charge on any atom is -0.386 e. The number of hydrogen-bond donors (Lipinski definition) is 1. The van der Waals surface area contributed by atoms with Gasteiger partial charge in [0.1, 0.15) is 0 Å². The lowest BCUT2D eigenvalue weighted by Gasteiger charge is -2.17. The lowest BCUT2D eigenvalue weighted by Crippen LogP contribution is -2.15. The minimum absolute atomic E-state index is 0.271. The average molecular weight is 548 g/mol. The van der Waals surface area contributed by atoms with Crippen molar-refractivity contribution in [3.05, 3.63) is 133 Å². The molecule has 0 atom stereocenters. The predicted molar refractivity (Wildman–Crippen MR) is 173 cm³/mol. The first-order valence-corrected chi connectivity index (χ1v) is 13.8.